The van der Waals surface area contributed by atoms with Crippen LogP contribution in [0.4, 0.5) is 0 Å². The van der Waals surface area contributed by atoms with E-state index in [0.29, 0.717) is 6.10 Å². The van der Waals surface area contributed by atoms with Gasteiger partial charge in [-0.05, 0) is 25.3 Å². The number of nitrogens with zero attached hydrogens (tertiary/aromatic N) is 2. The van der Waals surface area contributed by atoms with E-state index in [0.717, 1.165) is 17.1 Å². The Kier molecular flexibility index (Phi) is 2.58. The first-order chi connectivity index (χ1) is 8.52. The molecule has 1 aliphatic rings. The largest absolute Gasteiger partial charge is 0.490 e. The highest BCUT2D eigenvalue weighted by Crippen LogP contribution is 2.27. The number of hydrogen-bond donors (Lipinski definition) is 0. The van der Waals surface area contributed by atoms with Gasteiger partial charge in [-0.15, -0.1) is 0 Å². The van der Waals surface area contributed by atoms with Crippen LogP contribution in [0.5, 0.6) is 5.75 Å². The van der Waals surface area contributed by atoms with Crippen LogP contribution < -0.4 is 4.74 Å². The molecule has 2 aromatic rings. The molecule has 0 unspecified atom stereocenters. The third kappa shape index (κ3) is 2.09. The summed E-state index contributed by atoms with van der Waals surface area (Å²) in [7, 11) is 0. The molecule has 3 rings (SSSR count). The number of pyridine rings is 1. The highest BCUT2D eigenvalue weighted by atomic mass is 16.5. The van der Waals surface area contributed by atoms with Gasteiger partial charge in [-0.25, -0.2) is 4.98 Å². The molecule has 18 heavy (non-hydrogen) atoms. The molecule has 1 aliphatic carbocycles. The van der Waals surface area contributed by atoms with Crippen molar-refractivity contribution in [1.82, 2.24) is 9.38 Å². The predicted octanol–water partition coefficient (Wildman–Crippen LogP) is 3.56. The summed E-state index contributed by atoms with van der Waals surface area (Å²) >= 11 is 0. The lowest BCUT2D eigenvalue weighted by molar-refractivity contribution is 0.120. The second kappa shape index (κ2) is 4.01. The second-order valence-corrected chi connectivity index (χ2v) is 6.17. The van der Waals surface area contributed by atoms with Crippen molar-refractivity contribution in [2.75, 3.05) is 0 Å². The quantitative estimate of drug-likeness (QED) is 0.807. The molecule has 0 radical (unpaired) electrons. The van der Waals surface area contributed by atoms with Crippen LogP contribution in [-0.4, -0.2) is 15.5 Å². The fraction of sp³-hybridized carbons (Fsp3) is 0.533. The van der Waals surface area contributed by atoms with Crippen LogP contribution in [0, 0.1) is 0 Å². The van der Waals surface area contributed by atoms with Gasteiger partial charge < -0.3 is 9.14 Å². The molecule has 0 aliphatic heterocycles. The average molecular weight is 244 g/mol. The van der Waals surface area contributed by atoms with E-state index in [4.69, 9.17) is 4.74 Å². The topological polar surface area (TPSA) is 26.5 Å². The van der Waals surface area contributed by atoms with Crippen molar-refractivity contribution in [3.63, 3.8) is 0 Å². The summed E-state index contributed by atoms with van der Waals surface area (Å²) in [6.45, 7) is 6.54. The molecule has 96 valence electrons. The molecule has 0 atom stereocenters. The monoisotopic (exact) mass is 244 g/mol. The summed E-state index contributed by atoms with van der Waals surface area (Å²) in [5, 5.41) is 0. The van der Waals surface area contributed by atoms with Gasteiger partial charge in [0.2, 0.25) is 0 Å². The van der Waals surface area contributed by atoms with Gasteiger partial charge in [0.1, 0.15) is 11.4 Å². The Bertz CT molecular complexity index is 561. The van der Waals surface area contributed by atoms with Gasteiger partial charge in [-0.3, -0.25) is 0 Å². The van der Waals surface area contributed by atoms with Crippen LogP contribution in [0.1, 0.15) is 45.7 Å². The lowest BCUT2D eigenvalue weighted by atomic mass is 9.93. The molecule has 0 saturated heterocycles. The number of ether oxygens (including phenoxy) is 1. The lowest BCUT2D eigenvalue weighted by Gasteiger charge is -2.26. The predicted molar refractivity (Wildman–Crippen MR) is 72.2 cm³/mol. The van der Waals surface area contributed by atoms with Crippen LogP contribution in [0.3, 0.4) is 0 Å². The van der Waals surface area contributed by atoms with E-state index in [-0.39, 0.29) is 5.41 Å². The molecule has 1 saturated carbocycles. The Morgan fingerprint density at radius 3 is 2.72 bits per heavy atom. The van der Waals surface area contributed by atoms with E-state index in [2.05, 4.69) is 36.4 Å². The molecule has 2 heterocycles. The van der Waals surface area contributed by atoms with E-state index >= 15 is 0 Å². The highest BCUT2D eigenvalue weighted by Gasteiger charge is 2.20. The van der Waals surface area contributed by atoms with Crippen molar-refractivity contribution in [2.24, 2.45) is 0 Å². The third-order valence-electron chi connectivity index (χ3n) is 3.56. The van der Waals surface area contributed by atoms with Crippen molar-refractivity contribution >= 4 is 5.65 Å². The highest BCUT2D eigenvalue weighted by molar-refractivity contribution is 5.46. The molecule has 3 heteroatoms. The molecule has 0 spiro atoms. The molecular formula is C15H20N2O. The van der Waals surface area contributed by atoms with Gasteiger partial charge >= 0.3 is 0 Å². The average Bonchev–Trinajstić information content (AvgIpc) is 2.66. The van der Waals surface area contributed by atoms with Crippen LogP contribution in [0.2, 0.25) is 0 Å². The molecule has 0 bridgehead atoms. The first-order valence-corrected chi connectivity index (χ1v) is 6.68. The second-order valence-electron chi connectivity index (χ2n) is 6.17. The molecule has 0 aromatic carbocycles. The smallest absolute Gasteiger partial charge is 0.140 e. The molecule has 2 aromatic heterocycles. The zero-order valence-electron chi connectivity index (χ0n) is 11.3. The molecule has 0 N–H and O–H groups in total. The molecule has 1 fully saturated rings. The first kappa shape index (κ1) is 11.6. The minimum atomic E-state index is 0.0843. The van der Waals surface area contributed by atoms with E-state index < -0.39 is 0 Å². The number of fused-ring (bicyclic) bond motifs is 1. The van der Waals surface area contributed by atoms with Gasteiger partial charge in [-0.1, -0.05) is 20.8 Å². The van der Waals surface area contributed by atoms with Gasteiger partial charge in [-0.2, -0.15) is 0 Å². The normalized spacial score (nSPS) is 16.8. The summed E-state index contributed by atoms with van der Waals surface area (Å²) < 4.78 is 7.96. The summed E-state index contributed by atoms with van der Waals surface area (Å²) in [6, 6.07) is 4.06. The standard InChI is InChI=1S/C15H20N2O/c1-15(2,3)13-10-17-8-7-12(9-14(17)16-13)18-11-5-4-6-11/h7-11H,4-6H2,1-3H3. The third-order valence-corrected chi connectivity index (χ3v) is 3.56. The van der Waals surface area contributed by atoms with Gasteiger partial charge in [0, 0.05) is 23.9 Å². The molecule has 0 amide bonds. The minimum Gasteiger partial charge on any atom is -0.490 e. The van der Waals surface area contributed by atoms with Crippen molar-refractivity contribution < 1.29 is 4.74 Å². The van der Waals surface area contributed by atoms with Gasteiger partial charge in [0.15, 0.2) is 0 Å². The Morgan fingerprint density at radius 2 is 2.11 bits per heavy atom. The zero-order chi connectivity index (χ0) is 12.8. The van der Waals surface area contributed by atoms with Crippen molar-refractivity contribution in [2.45, 2.75) is 51.6 Å². The van der Waals surface area contributed by atoms with E-state index in [1.54, 1.807) is 0 Å². The fourth-order valence-corrected chi connectivity index (χ4v) is 2.08. The minimum absolute atomic E-state index is 0.0843. The van der Waals surface area contributed by atoms with Crippen molar-refractivity contribution in [3.05, 3.63) is 30.2 Å². The Hall–Kier alpha value is -1.51. The molecular weight excluding hydrogens is 224 g/mol. The summed E-state index contributed by atoms with van der Waals surface area (Å²) in [4.78, 5) is 4.68. The van der Waals surface area contributed by atoms with Crippen LogP contribution in [0.25, 0.3) is 5.65 Å². The number of aromatic nitrogens is 2. The summed E-state index contributed by atoms with van der Waals surface area (Å²) in [5.74, 6) is 0.943. The summed E-state index contributed by atoms with van der Waals surface area (Å²) in [5.41, 5.74) is 2.17. The Labute approximate surface area is 108 Å². The zero-order valence-corrected chi connectivity index (χ0v) is 11.3. The van der Waals surface area contributed by atoms with Crippen molar-refractivity contribution in [1.29, 1.82) is 0 Å². The maximum atomic E-state index is 5.90. The SMILES string of the molecule is CC(C)(C)c1cn2ccc(OC3CCC3)cc2n1. The van der Waals surface area contributed by atoms with E-state index in [1.165, 1.54) is 19.3 Å². The van der Waals surface area contributed by atoms with E-state index in [9.17, 15) is 0 Å². The number of rotatable bonds is 2. The Balaban J connectivity index is 1.91. The fourth-order valence-electron chi connectivity index (χ4n) is 2.08. The van der Waals surface area contributed by atoms with Gasteiger partial charge in [0.05, 0.1) is 11.8 Å². The van der Waals surface area contributed by atoms with E-state index in [1.807, 2.05) is 18.3 Å². The number of hydrogen-bond acceptors (Lipinski definition) is 2. The Morgan fingerprint density at radius 1 is 1.33 bits per heavy atom. The van der Waals surface area contributed by atoms with Crippen LogP contribution in [0.15, 0.2) is 24.5 Å². The molecule has 3 nitrogen and oxygen atoms in total. The van der Waals surface area contributed by atoms with Crippen LogP contribution >= 0.6 is 0 Å². The summed E-state index contributed by atoms with van der Waals surface area (Å²) in [6.07, 6.45) is 8.22. The lowest BCUT2D eigenvalue weighted by Crippen LogP contribution is -2.24. The first-order valence-electron chi connectivity index (χ1n) is 6.68. The van der Waals surface area contributed by atoms with Gasteiger partial charge in [0.25, 0.3) is 0 Å². The maximum Gasteiger partial charge on any atom is 0.140 e. The maximum absolute atomic E-state index is 5.90. The number of imidazole rings is 1. The van der Waals surface area contributed by atoms with Crippen LogP contribution in [-0.2, 0) is 5.41 Å². The van der Waals surface area contributed by atoms with Crippen molar-refractivity contribution in [3.8, 4) is 5.75 Å².